The molecule has 2 aromatic carbocycles. The summed E-state index contributed by atoms with van der Waals surface area (Å²) < 4.78 is 27.1. The van der Waals surface area contributed by atoms with Crippen LogP contribution in [0.5, 0.6) is 0 Å². The number of hydrogen-bond acceptors (Lipinski definition) is 3. The number of likely N-dealkylation sites (N-methyl/N-ethyl adjacent to an activating group) is 1. The van der Waals surface area contributed by atoms with Gasteiger partial charge in [-0.25, -0.2) is 8.42 Å². The minimum Gasteiger partial charge on any atom is -0.340 e. The summed E-state index contributed by atoms with van der Waals surface area (Å²) in [6, 6.07) is 15.2. The lowest BCUT2D eigenvalue weighted by molar-refractivity contribution is -0.131. The molecule has 1 N–H and O–H groups in total. The molecule has 5 nitrogen and oxygen atoms in total. The van der Waals surface area contributed by atoms with E-state index in [4.69, 9.17) is 0 Å². The van der Waals surface area contributed by atoms with Crippen LogP contribution in [0.15, 0.2) is 59.5 Å². The fraction of sp³-hybridized carbons (Fsp3) is 0.316. The van der Waals surface area contributed by atoms with Crippen molar-refractivity contribution in [2.45, 2.75) is 37.8 Å². The van der Waals surface area contributed by atoms with E-state index in [1.807, 2.05) is 24.3 Å². The van der Waals surface area contributed by atoms with E-state index in [0.29, 0.717) is 6.54 Å². The number of rotatable bonds is 7. The zero-order valence-electron chi connectivity index (χ0n) is 14.8. The minimum atomic E-state index is -3.72. The molecule has 6 heteroatoms. The number of nitrogens with one attached hydrogen (secondary N) is 1. The second kappa shape index (κ2) is 8.27. The Morgan fingerprint density at radius 1 is 1.04 bits per heavy atom. The van der Waals surface area contributed by atoms with Crippen LogP contribution in [0.25, 0.3) is 0 Å². The molecule has 25 heavy (non-hydrogen) atoms. The molecule has 0 radical (unpaired) electrons. The first-order valence-corrected chi connectivity index (χ1v) is 9.72. The first-order valence-electron chi connectivity index (χ1n) is 8.23. The van der Waals surface area contributed by atoms with Crippen LogP contribution in [0.3, 0.4) is 0 Å². The highest BCUT2D eigenvalue weighted by atomic mass is 32.2. The fourth-order valence-corrected chi connectivity index (χ4v) is 3.73. The van der Waals surface area contributed by atoms with Crippen molar-refractivity contribution in [3.05, 3.63) is 65.7 Å². The smallest absolute Gasteiger partial charge is 0.241 e. The van der Waals surface area contributed by atoms with Gasteiger partial charge in [0, 0.05) is 13.6 Å². The molecular formula is C19H24N2O3S. The fourth-order valence-electron chi connectivity index (χ4n) is 2.51. The number of benzene rings is 2. The van der Waals surface area contributed by atoms with Gasteiger partial charge in [-0.1, -0.05) is 49.4 Å². The summed E-state index contributed by atoms with van der Waals surface area (Å²) in [5.74, 6) is -0.279. The van der Waals surface area contributed by atoms with Crippen molar-refractivity contribution < 1.29 is 13.2 Å². The molecule has 1 unspecified atom stereocenters. The van der Waals surface area contributed by atoms with Crippen LogP contribution in [0, 0.1) is 0 Å². The second-order valence-electron chi connectivity index (χ2n) is 6.02. The largest absolute Gasteiger partial charge is 0.340 e. The molecule has 1 atom stereocenters. The van der Waals surface area contributed by atoms with Crippen molar-refractivity contribution in [1.82, 2.24) is 9.62 Å². The summed E-state index contributed by atoms with van der Waals surface area (Å²) in [6.45, 7) is 4.07. The summed E-state index contributed by atoms with van der Waals surface area (Å²) in [7, 11) is -2.05. The number of nitrogens with zero attached hydrogens (tertiary/aromatic N) is 1. The Bertz CT molecular complexity index is 802. The number of carbonyl (C=O) groups excluding carboxylic acids is 1. The first kappa shape index (κ1) is 19.1. The van der Waals surface area contributed by atoms with Gasteiger partial charge in [0.2, 0.25) is 15.9 Å². The predicted octanol–water partition coefficient (Wildman–Crippen LogP) is 2.57. The van der Waals surface area contributed by atoms with Crippen LogP contribution in [0.4, 0.5) is 0 Å². The third-order valence-corrected chi connectivity index (χ3v) is 5.54. The van der Waals surface area contributed by atoms with Crippen molar-refractivity contribution >= 4 is 15.9 Å². The third-order valence-electron chi connectivity index (χ3n) is 3.98. The molecule has 0 heterocycles. The van der Waals surface area contributed by atoms with E-state index in [1.165, 1.54) is 22.6 Å². The molecule has 0 aliphatic heterocycles. The molecule has 0 saturated carbocycles. The molecule has 0 aliphatic carbocycles. The van der Waals surface area contributed by atoms with Gasteiger partial charge in [0.25, 0.3) is 0 Å². The lowest BCUT2D eigenvalue weighted by Gasteiger charge is -2.22. The van der Waals surface area contributed by atoms with E-state index in [2.05, 4.69) is 11.6 Å². The normalized spacial score (nSPS) is 12.6. The molecule has 0 bridgehead atoms. The zero-order valence-corrected chi connectivity index (χ0v) is 15.6. The van der Waals surface area contributed by atoms with Gasteiger partial charge in [-0.05, 0) is 36.6 Å². The topological polar surface area (TPSA) is 66.5 Å². The maximum atomic E-state index is 12.5. The van der Waals surface area contributed by atoms with Crippen LogP contribution in [-0.4, -0.2) is 32.3 Å². The molecule has 0 spiro atoms. The highest BCUT2D eigenvalue weighted by Gasteiger charge is 2.24. The van der Waals surface area contributed by atoms with Crippen LogP contribution < -0.4 is 4.72 Å². The van der Waals surface area contributed by atoms with Crippen LogP contribution in [-0.2, 0) is 27.8 Å². The maximum Gasteiger partial charge on any atom is 0.241 e. The van der Waals surface area contributed by atoms with E-state index >= 15 is 0 Å². The van der Waals surface area contributed by atoms with Crippen molar-refractivity contribution in [2.24, 2.45) is 0 Å². The van der Waals surface area contributed by atoms with Gasteiger partial charge in [-0.2, -0.15) is 4.72 Å². The predicted molar refractivity (Wildman–Crippen MR) is 98.5 cm³/mol. The van der Waals surface area contributed by atoms with Crippen LogP contribution in [0.1, 0.15) is 25.0 Å². The highest BCUT2D eigenvalue weighted by molar-refractivity contribution is 7.89. The Hall–Kier alpha value is -2.18. The number of amides is 1. The summed E-state index contributed by atoms with van der Waals surface area (Å²) >= 11 is 0. The number of hydrogen-bond donors (Lipinski definition) is 1. The van der Waals surface area contributed by atoms with Crippen molar-refractivity contribution in [3.63, 3.8) is 0 Å². The van der Waals surface area contributed by atoms with Gasteiger partial charge in [0.05, 0.1) is 10.9 Å². The van der Waals surface area contributed by atoms with Gasteiger partial charge in [-0.3, -0.25) is 4.79 Å². The Morgan fingerprint density at radius 3 is 2.16 bits per heavy atom. The molecule has 2 rings (SSSR count). The third kappa shape index (κ3) is 5.14. The lowest BCUT2D eigenvalue weighted by Crippen LogP contribution is -2.45. The van der Waals surface area contributed by atoms with E-state index in [1.54, 1.807) is 32.2 Å². The van der Waals surface area contributed by atoms with E-state index in [0.717, 1.165) is 12.0 Å². The Labute approximate surface area is 149 Å². The van der Waals surface area contributed by atoms with E-state index in [9.17, 15) is 13.2 Å². The number of sulfonamides is 1. The first-order chi connectivity index (χ1) is 11.8. The molecular weight excluding hydrogens is 336 g/mol. The molecule has 0 aromatic heterocycles. The van der Waals surface area contributed by atoms with Gasteiger partial charge in [0.1, 0.15) is 0 Å². The van der Waals surface area contributed by atoms with Crippen molar-refractivity contribution in [1.29, 1.82) is 0 Å². The van der Waals surface area contributed by atoms with Gasteiger partial charge >= 0.3 is 0 Å². The van der Waals surface area contributed by atoms with Crippen LogP contribution in [0.2, 0.25) is 0 Å². The van der Waals surface area contributed by atoms with Gasteiger partial charge < -0.3 is 4.90 Å². The molecule has 1 amide bonds. The van der Waals surface area contributed by atoms with Gasteiger partial charge in [0.15, 0.2) is 0 Å². The summed E-state index contributed by atoms with van der Waals surface area (Å²) in [6.07, 6.45) is 0.966. The van der Waals surface area contributed by atoms with Crippen molar-refractivity contribution in [3.8, 4) is 0 Å². The molecule has 0 aliphatic rings. The summed E-state index contributed by atoms with van der Waals surface area (Å²) in [5, 5.41) is 0. The summed E-state index contributed by atoms with van der Waals surface area (Å²) in [4.78, 5) is 14.2. The number of carbonyl (C=O) groups is 1. The summed E-state index contributed by atoms with van der Waals surface area (Å²) in [5.41, 5.74) is 2.24. The average molecular weight is 360 g/mol. The van der Waals surface area contributed by atoms with E-state index in [-0.39, 0.29) is 10.8 Å². The lowest BCUT2D eigenvalue weighted by atomic mass is 10.1. The molecule has 2 aromatic rings. The van der Waals surface area contributed by atoms with Crippen LogP contribution >= 0.6 is 0 Å². The molecule has 134 valence electrons. The SMILES string of the molecule is CCc1ccc(CN(C)C(=O)C(C)NS(=O)(=O)c2ccccc2)cc1. The quantitative estimate of drug-likeness (QED) is 0.825. The molecule has 0 saturated heterocycles. The monoisotopic (exact) mass is 360 g/mol. The zero-order chi connectivity index (χ0) is 18.4. The Balaban J connectivity index is 2.00. The second-order valence-corrected chi connectivity index (χ2v) is 7.73. The van der Waals surface area contributed by atoms with Gasteiger partial charge in [-0.15, -0.1) is 0 Å². The highest BCUT2D eigenvalue weighted by Crippen LogP contribution is 2.11. The Kier molecular flexibility index (Phi) is 6.33. The van der Waals surface area contributed by atoms with E-state index < -0.39 is 16.1 Å². The number of aryl methyl sites for hydroxylation is 1. The Morgan fingerprint density at radius 2 is 1.60 bits per heavy atom. The standard InChI is InChI=1S/C19H24N2O3S/c1-4-16-10-12-17(13-11-16)14-21(3)19(22)15(2)20-25(23,24)18-8-6-5-7-9-18/h5-13,15,20H,4,14H2,1-3H3. The molecule has 0 fully saturated rings. The maximum absolute atomic E-state index is 12.5. The average Bonchev–Trinajstić information content (AvgIpc) is 2.62. The van der Waals surface area contributed by atoms with Crippen molar-refractivity contribution in [2.75, 3.05) is 7.05 Å². The minimum absolute atomic E-state index is 0.146.